The minimum atomic E-state index is 0.0708. The first-order valence-electron chi connectivity index (χ1n) is 10.8. The van der Waals surface area contributed by atoms with Crippen LogP contribution in [0.3, 0.4) is 0 Å². The standard InChI is InChI=1S/C23H34N2O2/c1-17-14-18(2)23-20(15-17)21(25-27-23)16-22(26)24-19-12-10-8-6-4-3-5-7-9-11-13-19/h14-15,19H,3-13,16H2,1-2H3,(H,24,26). The lowest BCUT2D eigenvalue weighted by Crippen LogP contribution is -2.36. The molecule has 1 heterocycles. The number of nitrogens with one attached hydrogen (secondary N) is 1. The molecule has 148 valence electrons. The van der Waals surface area contributed by atoms with E-state index >= 15 is 0 Å². The van der Waals surface area contributed by atoms with Gasteiger partial charge in [-0.25, -0.2) is 0 Å². The van der Waals surface area contributed by atoms with Gasteiger partial charge in [-0.2, -0.15) is 0 Å². The highest BCUT2D eigenvalue weighted by molar-refractivity contribution is 5.88. The average molecular weight is 371 g/mol. The van der Waals surface area contributed by atoms with Gasteiger partial charge in [0.05, 0.1) is 6.42 Å². The number of aryl methyl sites for hydroxylation is 2. The molecule has 0 unspecified atom stereocenters. The van der Waals surface area contributed by atoms with Gasteiger partial charge in [-0.05, 0) is 43.9 Å². The minimum absolute atomic E-state index is 0.0708. The molecule has 0 spiro atoms. The third-order valence-electron chi connectivity index (χ3n) is 5.78. The van der Waals surface area contributed by atoms with Gasteiger partial charge in [0.25, 0.3) is 0 Å². The number of hydrogen-bond donors (Lipinski definition) is 1. The van der Waals surface area contributed by atoms with Gasteiger partial charge < -0.3 is 9.84 Å². The Kier molecular flexibility index (Phi) is 7.31. The summed E-state index contributed by atoms with van der Waals surface area (Å²) < 4.78 is 5.49. The summed E-state index contributed by atoms with van der Waals surface area (Å²) in [6.45, 7) is 4.09. The monoisotopic (exact) mass is 370 g/mol. The first-order valence-corrected chi connectivity index (χ1v) is 10.8. The van der Waals surface area contributed by atoms with Crippen LogP contribution in [0, 0.1) is 13.8 Å². The predicted molar refractivity (Wildman–Crippen MR) is 110 cm³/mol. The van der Waals surface area contributed by atoms with E-state index in [9.17, 15) is 4.79 Å². The van der Waals surface area contributed by atoms with Crippen molar-refractivity contribution in [3.8, 4) is 0 Å². The van der Waals surface area contributed by atoms with E-state index in [-0.39, 0.29) is 5.91 Å². The van der Waals surface area contributed by atoms with Gasteiger partial charge in [0.15, 0.2) is 5.58 Å². The Balaban J connectivity index is 1.59. The highest BCUT2D eigenvalue weighted by atomic mass is 16.5. The van der Waals surface area contributed by atoms with E-state index in [4.69, 9.17) is 4.52 Å². The normalized spacial score (nSPS) is 18.0. The minimum Gasteiger partial charge on any atom is -0.356 e. The predicted octanol–water partition coefficient (Wildman–Crippen LogP) is 5.78. The molecule has 4 heteroatoms. The molecule has 1 aliphatic rings. The largest absolute Gasteiger partial charge is 0.356 e. The number of aromatic nitrogens is 1. The summed E-state index contributed by atoms with van der Waals surface area (Å²) in [5.74, 6) is 0.0708. The van der Waals surface area contributed by atoms with E-state index in [1.807, 2.05) is 6.92 Å². The fraction of sp³-hybridized carbons (Fsp3) is 0.652. The summed E-state index contributed by atoms with van der Waals surface area (Å²) in [7, 11) is 0. The second-order valence-electron chi connectivity index (χ2n) is 8.29. The van der Waals surface area contributed by atoms with Gasteiger partial charge in [-0.15, -0.1) is 0 Å². The lowest BCUT2D eigenvalue weighted by atomic mass is 9.97. The van der Waals surface area contributed by atoms with Crippen LogP contribution in [0.4, 0.5) is 0 Å². The number of nitrogens with zero attached hydrogens (tertiary/aromatic N) is 1. The third-order valence-corrected chi connectivity index (χ3v) is 5.78. The highest BCUT2D eigenvalue weighted by Gasteiger charge is 2.17. The topological polar surface area (TPSA) is 55.1 Å². The van der Waals surface area contributed by atoms with Crippen molar-refractivity contribution in [2.75, 3.05) is 0 Å². The molecule has 0 aliphatic heterocycles. The molecule has 1 amide bonds. The lowest BCUT2D eigenvalue weighted by Gasteiger charge is -2.19. The Morgan fingerprint density at radius 2 is 1.59 bits per heavy atom. The Labute approximate surface area is 163 Å². The second kappa shape index (κ2) is 9.91. The first kappa shape index (κ1) is 19.9. The Morgan fingerprint density at radius 3 is 2.22 bits per heavy atom. The van der Waals surface area contributed by atoms with Crippen LogP contribution in [-0.2, 0) is 11.2 Å². The van der Waals surface area contributed by atoms with Crippen molar-refractivity contribution in [1.29, 1.82) is 0 Å². The van der Waals surface area contributed by atoms with Crippen molar-refractivity contribution in [3.05, 3.63) is 29.0 Å². The van der Waals surface area contributed by atoms with Crippen LogP contribution in [0.15, 0.2) is 16.7 Å². The zero-order valence-electron chi connectivity index (χ0n) is 17.0. The van der Waals surface area contributed by atoms with Crippen molar-refractivity contribution in [2.24, 2.45) is 0 Å². The van der Waals surface area contributed by atoms with Crippen molar-refractivity contribution < 1.29 is 9.32 Å². The zero-order valence-corrected chi connectivity index (χ0v) is 17.0. The number of fused-ring (bicyclic) bond motifs is 1. The molecule has 2 aromatic rings. The molecule has 0 atom stereocenters. The maximum absolute atomic E-state index is 12.7. The van der Waals surface area contributed by atoms with Gasteiger partial charge in [0.2, 0.25) is 5.91 Å². The molecule has 0 bridgehead atoms. The molecule has 1 aromatic carbocycles. The van der Waals surface area contributed by atoms with Crippen LogP contribution in [0.2, 0.25) is 0 Å². The maximum Gasteiger partial charge on any atom is 0.226 e. The van der Waals surface area contributed by atoms with Crippen molar-refractivity contribution >= 4 is 16.9 Å². The number of benzene rings is 1. The number of carbonyl (C=O) groups is 1. The van der Waals surface area contributed by atoms with E-state index in [0.29, 0.717) is 12.5 Å². The Morgan fingerprint density at radius 1 is 1.00 bits per heavy atom. The third kappa shape index (κ3) is 5.82. The molecule has 27 heavy (non-hydrogen) atoms. The molecule has 1 saturated carbocycles. The molecule has 3 rings (SSSR count). The smallest absolute Gasteiger partial charge is 0.226 e. The van der Waals surface area contributed by atoms with E-state index in [0.717, 1.165) is 35.1 Å². The summed E-state index contributed by atoms with van der Waals surface area (Å²) in [5, 5.41) is 8.43. The van der Waals surface area contributed by atoms with Crippen LogP contribution in [0.1, 0.15) is 87.4 Å². The molecule has 0 radical (unpaired) electrons. The van der Waals surface area contributed by atoms with Gasteiger partial charge >= 0.3 is 0 Å². The average Bonchev–Trinajstić information content (AvgIpc) is 3.00. The summed E-state index contributed by atoms with van der Waals surface area (Å²) >= 11 is 0. The van der Waals surface area contributed by atoms with E-state index in [1.54, 1.807) is 0 Å². The van der Waals surface area contributed by atoms with Crippen molar-refractivity contribution in [3.63, 3.8) is 0 Å². The van der Waals surface area contributed by atoms with Gasteiger partial charge in [0, 0.05) is 11.4 Å². The number of hydrogen-bond acceptors (Lipinski definition) is 3. The summed E-state index contributed by atoms with van der Waals surface area (Å²) in [6.07, 6.45) is 14.3. The quantitative estimate of drug-likeness (QED) is 0.745. The molecular weight excluding hydrogens is 336 g/mol. The van der Waals surface area contributed by atoms with Gasteiger partial charge in [-0.3, -0.25) is 4.79 Å². The van der Waals surface area contributed by atoms with E-state index in [2.05, 4.69) is 29.5 Å². The van der Waals surface area contributed by atoms with Crippen LogP contribution < -0.4 is 5.32 Å². The number of carbonyl (C=O) groups excluding carboxylic acids is 1. The van der Waals surface area contributed by atoms with E-state index < -0.39 is 0 Å². The van der Waals surface area contributed by atoms with Crippen LogP contribution >= 0.6 is 0 Å². The fourth-order valence-corrected chi connectivity index (χ4v) is 4.31. The van der Waals surface area contributed by atoms with Crippen molar-refractivity contribution in [2.45, 2.75) is 96.9 Å². The van der Waals surface area contributed by atoms with Gasteiger partial charge in [-0.1, -0.05) is 69.0 Å². The maximum atomic E-state index is 12.7. The molecule has 1 N–H and O–H groups in total. The van der Waals surface area contributed by atoms with Crippen molar-refractivity contribution in [1.82, 2.24) is 10.5 Å². The number of rotatable bonds is 3. The second-order valence-corrected chi connectivity index (χ2v) is 8.29. The molecule has 1 fully saturated rings. The molecule has 1 aliphatic carbocycles. The summed E-state index contributed by atoms with van der Waals surface area (Å²) in [5.41, 5.74) is 3.80. The molecular formula is C23H34N2O2. The fourth-order valence-electron chi connectivity index (χ4n) is 4.31. The van der Waals surface area contributed by atoms with Crippen LogP contribution in [0.5, 0.6) is 0 Å². The Bertz CT molecular complexity index is 738. The molecule has 4 nitrogen and oxygen atoms in total. The zero-order chi connectivity index (χ0) is 19.1. The molecule has 1 aromatic heterocycles. The Hall–Kier alpha value is -1.84. The SMILES string of the molecule is Cc1cc(C)c2onc(CC(=O)NC3CCCCCCCCCCC3)c2c1. The first-order chi connectivity index (χ1) is 13.1. The van der Waals surface area contributed by atoms with Gasteiger partial charge in [0.1, 0.15) is 5.69 Å². The highest BCUT2D eigenvalue weighted by Crippen LogP contribution is 2.24. The number of amides is 1. The van der Waals surface area contributed by atoms with Crippen LogP contribution in [-0.4, -0.2) is 17.1 Å². The van der Waals surface area contributed by atoms with E-state index in [1.165, 1.54) is 63.4 Å². The van der Waals surface area contributed by atoms with Crippen LogP contribution in [0.25, 0.3) is 11.0 Å². The lowest BCUT2D eigenvalue weighted by molar-refractivity contribution is -0.121. The summed E-state index contributed by atoms with van der Waals surface area (Å²) in [6, 6.07) is 4.46. The summed E-state index contributed by atoms with van der Waals surface area (Å²) in [4.78, 5) is 12.7. The molecule has 0 saturated heterocycles.